The Morgan fingerprint density at radius 3 is 2.79 bits per heavy atom. The molecule has 0 fully saturated rings. The van der Waals surface area contributed by atoms with Gasteiger partial charge in [0.05, 0.1) is 30.1 Å². The van der Waals surface area contributed by atoms with Crippen LogP contribution in [0, 0.1) is 15.9 Å². The van der Waals surface area contributed by atoms with Gasteiger partial charge in [0.15, 0.2) is 5.82 Å². The van der Waals surface area contributed by atoms with Crippen molar-refractivity contribution in [3.8, 4) is 0 Å². The van der Waals surface area contributed by atoms with E-state index >= 15 is 0 Å². The second-order valence-corrected chi connectivity index (χ2v) is 8.09. The second-order valence-electron chi connectivity index (χ2n) is 6.03. The van der Waals surface area contributed by atoms with Crippen LogP contribution in [0.2, 0.25) is 5.02 Å². The fourth-order valence-corrected chi connectivity index (χ4v) is 4.30. The number of benzene rings is 2. The average Bonchev–Trinajstić information content (AvgIpc) is 2.62. The van der Waals surface area contributed by atoms with Crippen molar-refractivity contribution < 1.29 is 27.3 Å². The molecule has 1 aliphatic heterocycles. The molecule has 1 N–H and O–H groups in total. The highest BCUT2D eigenvalue weighted by atomic mass is 35.5. The predicted molar refractivity (Wildman–Crippen MR) is 96.8 cm³/mol. The van der Waals surface area contributed by atoms with Crippen molar-refractivity contribution in [3.05, 3.63) is 68.5 Å². The second kappa shape index (κ2) is 7.82. The van der Waals surface area contributed by atoms with Gasteiger partial charge in [-0.2, -0.15) is 0 Å². The lowest BCUT2D eigenvalue weighted by Gasteiger charge is -2.25. The van der Waals surface area contributed by atoms with Gasteiger partial charge in [0.2, 0.25) is 5.91 Å². The van der Waals surface area contributed by atoms with Gasteiger partial charge in [-0.05, 0) is 23.6 Å². The van der Waals surface area contributed by atoms with Crippen molar-refractivity contribution in [2.75, 3.05) is 6.61 Å². The van der Waals surface area contributed by atoms with E-state index in [4.69, 9.17) is 16.3 Å². The summed E-state index contributed by atoms with van der Waals surface area (Å²) in [6.07, 6.45) is -0.247. The number of fused-ring (bicyclic) bond motifs is 1. The predicted octanol–water partition coefficient (Wildman–Crippen LogP) is 2.90. The number of hydrogen-bond donors (Lipinski definition) is 1. The summed E-state index contributed by atoms with van der Waals surface area (Å²) in [4.78, 5) is 21.1. The van der Waals surface area contributed by atoms with Gasteiger partial charge in [-0.1, -0.05) is 35.9 Å². The van der Waals surface area contributed by atoms with E-state index in [1.807, 2.05) is 12.1 Å². The Bertz CT molecular complexity index is 1060. The van der Waals surface area contributed by atoms with Crippen LogP contribution in [0.1, 0.15) is 23.7 Å². The fraction of sp³-hybridized carbons (Fsp3) is 0.235. The molecule has 1 atom stereocenters. The zero-order valence-corrected chi connectivity index (χ0v) is 15.8. The van der Waals surface area contributed by atoms with Crippen molar-refractivity contribution in [2.24, 2.45) is 0 Å². The number of rotatable bonds is 5. The molecule has 0 saturated heterocycles. The maximum absolute atomic E-state index is 14.1. The molecule has 1 aliphatic rings. The zero-order valence-electron chi connectivity index (χ0n) is 14.2. The number of ether oxygens (including phenoxy) is 1. The number of nitro groups is 1. The van der Waals surface area contributed by atoms with Crippen molar-refractivity contribution in [1.82, 2.24) is 4.72 Å². The molecule has 11 heteroatoms. The van der Waals surface area contributed by atoms with E-state index in [1.165, 1.54) is 0 Å². The van der Waals surface area contributed by atoms with Crippen molar-refractivity contribution in [2.45, 2.75) is 23.8 Å². The summed E-state index contributed by atoms with van der Waals surface area (Å²) in [6.45, 7) is 0.383. The Balaban J connectivity index is 1.79. The molecular formula is C17H14ClFN2O6S. The Kier molecular flexibility index (Phi) is 5.64. The minimum Gasteiger partial charge on any atom is -0.373 e. The van der Waals surface area contributed by atoms with Gasteiger partial charge in [0, 0.05) is 0 Å². The normalized spacial score (nSPS) is 16.3. The number of amides is 1. The number of hydrogen-bond acceptors (Lipinski definition) is 6. The van der Waals surface area contributed by atoms with Gasteiger partial charge in [-0.25, -0.2) is 17.5 Å². The quantitative estimate of drug-likeness (QED) is 0.578. The largest absolute Gasteiger partial charge is 0.373 e. The van der Waals surface area contributed by atoms with Gasteiger partial charge >= 0.3 is 0 Å². The summed E-state index contributed by atoms with van der Waals surface area (Å²) in [5.41, 5.74) is 1.00. The van der Waals surface area contributed by atoms with Crippen molar-refractivity contribution in [3.63, 3.8) is 0 Å². The Morgan fingerprint density at radius 1 is 1.36 bits per heavy atom. The van der Waals surface area contributed by atoms with Crippen LogP contribution in [0.3, 0.4) is 0 Å². The molecule has 0 aliphatic carbocycles. The summed E-state index contributed by atoms with van der Waals surface area (Å²) in [6, 6.07) is 8.31. The van der Waals surface area contributed by atoms with Crippen LogP contribution in [-0.2, 0) is 26.0 Å². The number of nitrogens with zero attached hydrogens (tertiary/aromatic N) is 1. The third-order valence-corrected chi connectivity index (χ3v) is 5.89. The molecule has 0 saturated carbocycles. The van der Waals surface area contributed by atoms with E-state index in [1.54, 1.807) is 16.9 Å². The summed E-state index contributed by atoms with van der Waals surface area (Å²) in [5.74, 6) is -2.30. The highest BCUT2D eigenvalue weighted by Crippen LogP contribution is 2.31. The summed E-state index contributed by atoms with van der Waals surface area (Å²) < 4.78 is 46.1. The molecule has 0 spiro atoms. The topological polar surface area (TPSA) is 116 Å². The molecule has 0 bridgehead atoms. The van der Waals surface area contributed by atoms with E-state index in [0.29, 0.717) is 25.2 Å². The first-order valence-electron chi connectivity index (χ1n) is 8.07. The van der Waals surface area contributed by atoms with Crippen LogP contribution in [0.4, 0.5) is 10.1 Å². The minimum absolute atomic E-state index is 0.293. The lowest BCUT2D eigenvalue weighted by molar-refractivity contribution is -0.384. The van der Waals surface area contributed by atoms with Crippen molar-refractivity contribution in [1.29, 1.82) is 0 Å². The molecule has 2 aromatic carbocycles. The Labute approximate surface area is 164 Å². The summed E-state index contributed by atoms with van der Waals surface area (Å²) in [7, 11) is -4.62. The number of sulfonamides is 1. The Morgan fingerprint density at radius 2 is 2.07 bits per heavy atom. The standard InChI is InChI=1S/C17H14ClFN2O6S/c18-12-7-16(13(19)8-14(12)21(23)24)28(25,26)20-17(22)9-15-11-4-2-1-3-10(11)5-6-27-15/h1-4,7-8,15H,5-6,9H2,(H,20,22). The number of carbonyl (C=O) groups excluding carboxylic acids is 1. The maximum Gasteiger partial charge on any atom is 0.290 e. The van der Waals surface area contributed by atoms with E-state index in [9.17, 15) is 27.7 Å². The number of nitro benzene ring substituents is 1. The smallest absolute Gasteiger partial charge is 0.290 e. The first kappa shape index (κ1) is 20.2. The first-order valence-corrected chi connectivity index (χ1v) is 9.93. The van der Waals surface area contributed by atoms with E-state index in [-0.39, 0.29) is 6.42 Å². The molecular weight excluding hydrogens is 415 g/mol. The molecule has 1 heterocycles. The number of halogens is 2. The molecule has 0 radical (unpaired) electrons. The fourth-order valence-electron chi connectivity index (χ4n) is 2.92. The van der Waals surface area contributed by atoms with Crippen LogP contribution in [0.25, 0.3) is 0 Å². The molecule has 8 nitrogen and oxygen atoms in total. The highest BCUT2D eigenvalue weighted by molar-refractivity contribution is 7.90. The molecule has 1 amide bonds. The molecule has 0 aromatic heterocycles. The lowest BCUT2D eigenvalue weighted by Crippen LogP contribution is -2.33. The lowest BCUT2D eigenvalue weighted by atomic mass is 9.96. The SMILES string of the molecule is O=C(CC1OCCc2ccccc21)NS(=O)(=O)c1cc(Cl)c([N+](=O)[O-])cc1F. The Hall–Kier alpha value is -2.56. The zero-order chi connectivity index (χ0) is 20.5. The van der Waals surface area contributed by atoms with Gasteiger partial charge in [0.25, 0.3) is 15.7 Å². The summed E-state index contributed by atoms with van der Waals surface area (Å²) >= 11 is 5.65. The van der Waals surface area contributed by atoms with Crippen LogP contribution < -0.4 is 4.72 Å². The van der Waals surface area contributed by atoms with Gasteiger partial charge in [-0.15, -0.1) is 0 Å². The van der Waals surface area contributed by atoms with Crippen molar-refractivity contribution >= 4 is 33.2 Å². The van der Waals surface area contributed by atoms with Gasteiger partial charge < -0.3 is 4.74 Å². The molecule has 2 aromatic rings. The maximum atomic E-state index is 14.1. The third-order valence-electron chi connectivity index (χ3n) is 4.20. The minimum atomic E-state index is -4.62. The van der Waals surface area contributed by atoms with Crippen LogP contribution in [0.5, 0.6) is 0 Å². The van der Waals surface area contributed by atoms with Crippen LogP contribution >= 0.6 is 11.6 Å². The van der Waals surface area contributed by atoms with E-state index in [0.717, 1.165) is 11.1 Å². The van der Waals surface area contributed by atoms with Gasteiger partial charge in [0.1, 0.15) is 9.92 Å². The highest BCUT2D eigenvalue weighted by Gasteiger charge is 2.29. The van der Waals surface area contributed by atoms with E-state index in [2.05, 4.69) is 0 Å². The first-order chi connectivity index (χ1) is 13.2. The molecule has 1 unspecified atom stereocenters. The number of carbonyl (C=O) groups is 1. The molecule has 28 heavy (non-hydrogen) atoms. The molecule has 148 valence electrons. The van der Waals surface area contributed by atoms with Crippen LogP contribution in [0.15, 0.2) is 41.3 Å². The number of nitrogens with one attached hydrogen (secondary N) is 1. The molecule has 3 rings (SSSR count). The van der Waals surface area contributed by atoms with E-state index < -0.39 is 48.4 Å². The summed E-state index contributed by atoms with van der Waals surface area (Å²) in [5, 5.41) is 10.2. The third kappa shape index (κ3) is 4.13. The van der Waals surface area contributed by atoms with Crippen LogP contribution in [-0.4, -0.2) is 25.9 Å². The van der Waals surface area contributed by atoms with Gasteiger partial charge in [-0.3, -0.25) is 14.9 Å². The monoisotopic (exact) mass is 428 g/mol. The average molecular weight is 429 g/mol.